The molecule has 2 aromatic carbocycles. The quantitative estimate of drug-likeness (QED) is 0.286. The third-order valence-corrected chi connectivity index (χ3v) is 6.34. The summed E-state index contributed by atoms with van der Waals surface area (Å²) < 4.78 is 11.3. The summed E-state index contributed by atoms with van der Waals surface area (Å²) in [7, 11) is 0. The number of halogens is 2. The maximum Gasteiger partial charge on any atom is 0.408 e. The first-order valence-corrected chi connectivity index (χ1v) is 13.1. The van der Waals surface area contributed by atoms with Gasteiger partial charge in [-0.3, -0.25) is 14.4 Å². The van der Waals surface area contributed by atoms with Crippen LogP contribution in [0.25, 0.3) is 0 Å². The highest BCUT2D eigenvalue weighted by atomic mass is 35.5. The highest BCUT2D eigenvalue weighted by Crippen LogP contribution is 2.26. The van der Waals surface area contributed by atoms with Gasteiger partial charge >= 0.3 is 12.1 Å². The first kappa shape index (κ1) is 30.5. The smallest absolute Gasteiger partial charge is 0.408 e. The summed E-state index contributed by atoms with van der Waals surface area (Å²) in [5.74, 6) is -1.68. The first-order chi connectivity index (χ1) is 19.2. The molecule has 0 radical (unpaired) electrons. The van der Waals surface area contributed by atoms with Crippen LogP contribution >= 0.6 is 23.2 Å². The lowest BCUT2D eigenvalue weighted by molar-refractivity contribution is -0.145. The van der Waals surface area contributed by atoms with Crippen molar-refractivity contribution in [3.8, 4) is 0 Å². The van der Waals surface area contributed by atoms with Crippen LogP contribution in [0.4, 0.5) is 4.79 Å². The van der Waals surface area contributed by atoms with Gasteiger partial charge < -0.3 is 20.1 Å². The van der Waals surface area contributed by atoms with E-state index < -0.39 is 42.3 Å². The van der Waals surface area contributed by atoms with Gasteiger partial charge in [0, 0.05) is 16.5 Å². The van der Waals surface area contributed by atoms with Crippen molar-refractivity contribution in [1.29, 1.82) is 0 Å². The highest BCUT2D eigenvalue weighted by molar-refractivity contribution is 6.36. The molecule has 3 rings (SSSR count). The highest BCUT2D eigenvalue weighted by Gasteiger charge is 2.28. The second-order valence-electron chi connectivity index (χ2n) is 8.59. The summed E-state index contributed by atoms with van der Waals surface area (Å²) in [5.41, 5.74) is 1.35. The molecule has 1 aromatic heterocycles. The molecule has 212 valence electrons. The SMILES string of the molecule is CCOC(=O)CC(NC(=O)[C@H](C)NC(=O)OCc1ccccc1)C(=O)Cn1nnnc1Cc1c(Cl)cccc1Cl. The van der Waals surface area contributed by atoms with Crippen LogP contribution in [0.15, 0.2) is 48.5 Å². The van der Waals surface area contributed by atoms with E-state index in [2.05, 4.69) is 26.2 Å². The number of alkyl carbamates (subject to hydrolysis) is 1. The van der Waals surface area contributed by atoms with E-state index in [0.717, 1.165) is 5.56 Å². The Morgan fingerprint density at radius 1 is 0.975 bits per heavy atom. The molecule has 0 saturated carbocycles. The van der Waals surface area contributed by atoms with E-state index in [1.807, 2.05) is 6.07 Å². The summed E-state index contributed by atoms with van der Waals surface area (Å²) in [4.78, 5) is 50.4. The van der Waals surface area contributed by atoms with Crippen molar-refractivity contribution in [3.05, 3.63) is 75.5 Å². The molecule has 2 N–H and O–H groups in total. The van der Waals surface area contributed by atoms with Gasteiger partial charge in [0.15, 0.2) is 11.6 Å². The monoisotopic (exact) mass is 590 g/mol. The molecule has 0 spiro atoms. The van der Waals surface area contributed by atoms with Crippen LogP contribution in [0.3, 0.4) is 0 Å². The number of aromatic nitrogens is 4. The number of benzene rings is 2. The minimum absolute atomic E-state index is 0.0126. The molecular weight excluding hydrogens is 563 g/mol. The average molecular weight is 591 g/mol. The van der Waals surface area contributed by atoms with Gasteiger partial charge in [0.1, 0.15) is 19.2 Å². The van der Waals surface area contributed by atoms with E-state index in [9.17, 15) is 19.2 Å². The van der Waals surface area contributed by atoms with Crippen LogP contribution in [0.2, 0.25) is 10.0 Å². The van der Waals surface area contributed by atoms with Crippen molar-refractivity contribution in [2.75, 3.05) is 6.61 Å². The number of ketones is 1. The van der Waals surface area contributed by atoms with Crippen molar-refractivity contribution in [1.82, 2.24) is 30.8 Å². The van der Waals surface area contributed by atoms with Crippen LogP contribution in [0.5, 0.6) is 0 Å². The largest absolute Gasteiger partial charge is 0.466 e. The molecular formula is C26H28Cl2N6O6. The third-order valence-electron chi connectivity index (χ3n) is 5.63. The fourth-order valence-electron chi connectivity index (χ4n) is 3.53. The normalized spacial score (nSPS) is 12.2. The number of Topliss-reactive ketones (excluding diaryl/α,β-unsaturated/α-hetero) is 1. The number of esters is 1. The molecule has 1 unspecified atom stereocenters. The predicted octanol–water partition coefficient (Wildman–Crippen LogP) is 2.89. The van der Waals surface area contributed by atoms with Crippen molar-refractivity contribution >= 4 is 47.0 Å². The second kappa shape index (κ2) is 14.9. The lowest BCUT2D eigenvalue weighted by Crippen LogP contribution is -2.51. The van der Waals surface area contributed by atoms with Gasteiger partial charge in [0.05, 0.1) is 19.1 Å². The van der Waals surface area contributed by atoms with Crippen LogP contribution in [0, 0.1) is 0 Å². The van der Waals surface area contributed by atoms with E-state index in [4.69, 9.17) is 32.7 Å². The molecule has 0 aliphatic carbocycles. The number of rotatable bonds is 13. The Hall–Kier alpha value is -4.03. The van der Waals surface area contributed by atoms with Crippen molar-refractivity contribution < 1.29 is 28.7 Å². The topological polar surface area (TPSA) is 154 Å². The number of carbonyl (C=O) groups is 4. The van der Waals surface area contributed by atoms with Gasteiger partial charge in [-0.15, -0.1) is 5.10 Å². The van der Waals surface area contributed by atoms with E-state index in [1.54, 1.807) is 49.4 Å². The molecule has 2 atom stereocenters. The summed E-state index contributed by atoms with van der Waals surface area (Å²) in [6.07, 6.45) is -1.12. The number of nitrogens with zero attached hydrogens (tertiary/aromatic N) is 4. The molecule has 1 heterocycles. The Bertz CT molecular complexity index is 1320. The molecule has 14 heteroatoms. The third kappa shape index (κ3) is 9.02. The minimum Gasteiger partial charge on any atom is -0.466 e. The number of carbonyl (C=O) groups excluding carboxylic acids is 4. The average Bonchev–Trinajstić information content (AvgIpc) is 3.36. The molecule has 2 amide bonds. The molecule has 40 heavy (non-hydrogen) atoms. The van der Waals surface area contributed by atoms with E-state index >= 15 is 0 Å². The number of ether oxygens (including phenoxy) is 2. The van der Waals surface area contributed by atoms with Crippen LogP contribution in [0.1, 0.15) is 37.2 Å². The second-order valence-corrected chi connectivity index (χ2v) is 9.41. The zero-order valence-corrected chi connectivity index (χ0v) is 23.3. The number of amides is 2. The van der Waals surface area contributed by atoms with Gasteiger partial charge in [-0.1, -0.05) is 59.6 Å². The Kier molecular flexibility index (Phi) is 11.4. The van der Waals surface area contributed by atoms with Gasteiger partial charge in [-0.05, 0) is 47.5 Å². The van der Waals surface area contributed by atoms with Crippen LogP contribution < -0.4 is 10.6 Å². The van der Waals surface area contributed by atoms with Gasteiger partial charge in [0.25, 0.3) is 0 Å². The maximum absolute atomic E-state index is 13.2. The summed E-state index contributed by atoms with van der Waals surface area (Å²) in [5, 5.41) is 17.1. The molecule has 0 saturated heterocycles. The molecule has 0 bridgehead atoms. The zero-order chi connectivity index (χ0) is 29.1. The van der Waals surface area contributed by atoms with Crippen molar-refractivity contribution in [2.45, 2.75) is 51.9 Å². The van der Waals surface area contributed by atoms with Gasteiger partial charge in [-0.25, -0.2) is 9.48 Å². The van der Waals surface area contributed by atoms with Crippen molar-refractivity contribution in [2.24, 2.45) is 0 Å². The maximum atomic E-state index is 13.2. The van der Waals surface area contributed by atoms with Crippen LogP contribution in [-0.2, 0) is 43.4 Å². The Morgan fingerprint density at radius 3 is 2.35 bits per heavy atom. The lowest BCUT2D eigenvalue weighted by atomic mass is 10.1. The summed E-state index contributed by atoms with van der Waals surface area (Å²) in [6.45, 7) is 2.77. The Balaban J connectivity index is 1.65. The first-order valence-electron chi connectivity index (χ1n) is 12.3. The summed E-state index contributed by atoms with van der Waals surface area (Å²) >= 11 is 12.5. The summed E-state index contributed by atoms with van der Waals surface area (Å²) in [6, 6.07) is 11.7. The molecule has 3 aromatic rings. The predicted molar refractivity (Wildman–Crippen MR) is 144 cm³/mol. The van der Waals surface area contributed by atoms with Gasteiger partial charge in [-0.2, -0.15) is 0 Å². The van der Waals surface area contributed by atoms with Gasteiger partial charge in [0.2, 0.25) is 5.91 Å². The number of hydrogen-bond acceptors (Lipinski definition) is 9. The van der Waals surface area contributed by atoms with E-state index in [1.165, 1.54) is 11.6 Å². The molecule has 0 fully saturated rings. The van der Waals surface area contributed by atoms with Crippen LogP contribution in [-0.4, -0.2) is 62.7 Å². The zero-order valence-electron chi connectivity index (χ0n) is 21.8. The van der Waals surface area contributed by atoms with E-state index in [-0.39, 0.29) is 26.2 Å². The fourth-order valence-corrected chi connectivity index (χ4v) is 4.06. The van der Waals surface area contributed by atoms with E-state index in [0.29, 0.717) is 21.4 Å². The Morgan fingerprint density at radius 2 is 1.68 bits per heavy atom. The standard InChI is InChI=1S/C26H28Cl2N6O6/c1-3-39-24(36)13-21(30-25(37)16(2)29-26(38)40-15-17-8-5-4-6-9-17)22(35)14-34-23(31-32-33-34)12-18-19(27)10-7-11-20(18)28/h4-11,16,21H,3,12-15H2,1-2H3,(H,29,38)(H,30,37)/t16-,21?/m0/s1. The fraction of sp³-hybridized carbons (Fsp3) is 0.346. The number of nitrogens with one attached hydrogen (secondary N) is 2. The Labute approximate surface area is 240 Å². The number of tetrazole rings is 1. The minimum atomic E-state index is -1.28. The molecule has 0 aliphatic rings. The molecule has 12 nitrogen and oxygen atoms in total. The molecule has 0 aliphatic heterocycles. The van der Waals surface area contributed by atoms with Crippen molar-refractivity contribution in [3.63, 3.8) is 0 Å². The lowest BCUT2D eigenvalue weighted by Gasteiger charge is -2.20. The number of hydrogen-bond donors (Lipinski definition) is 2.